The van der Waals surface area contributed by atoms with Gasteiger partial charge in [0.1, 0.15) is 5.76 Å². The van der Waals surface area contributed by atoms with Gasteiger partial charge >= 0.3 is 0 Å². The minimum absolute atomic E-state index is 0.0128. The van der Waals surface area contributed by atoms with Crippen molar-refractivity contribution in [2.45, 2.75) is 27.2 Å². The molecule has 2 amide bonds. The summed E-state index contributed by atoms with van der Waals surface area (Å²) < 4.78 is 5.42. The number of benzene rings is 1. The maximum absolute atomic E-state index is 13.1. The lowest BCUT2D eigenvalue weighted by Crippen LogP contribution is -2.36. The lowest BCUT2D eigenvalue weighted by molar-refractivity contribution is -0.116. The van der Waals surface area contributed by atoms with Crippen LogP contribution in [0.15, 0.2) is 41.0 Å². The molecule has 5 nitrogen and oxygen atoms in total. The lowest BCUT2D eigenvalue weighted by Gasteiger charge is -2.24. The van der Waals surface area contributed by atoms with Crippen LogP contribution in [0.25, 0.3) is 0 Å². The fraction of sp³-hybridized carbons (Fsp3) is 0.368. The van der Waals surface area contributed by atoms with Gasteiger partial charge in [0.15, 0.2) is 0 Å². The minimum atomic E-state index is -0.0784. The molecule has 1 aromatic heterocycles. The lowest BCUT2D eigenvalue weighted by atomic mass is 10.1. The first-order chi connectivity index (χ1) is 11.5. The summed E-state index contributed by atoms with van der Waals surface area (Å²) in [6.45, 7) is 6.74. The molecule has 0 fully saturated rings. The second-order valence-corrected chi connectivity index (χ2v) is 6.25. The van der Waals surface area contributed by atoms with Crippen LogP contribution < -0.4 is 9.80 Å². The van der Waals surface area contributed by atoms with Gasteiger partial charge in [-0.15, -0.1) is 0 Å². The molecule has 0 bridgehead atoms. The summed E-state index contributed by atoms with van der Waals surface area (Å²) in [5.74, 6) is 0.770. The van der Waals surface area contributed by atoms with E-state index in [1.807, 2.05) is 31.2 Å². The Morgan fingerprint density at radius 1 is 1.12 bits per heavy atom. The summed E-state index contributed by atoms with van der Waals surface area (Å²) >= 11 is 0. The van der Waals surface area contributed by atoms with Crippen LogP contribution >= 0.6 is 0 Å². The Hall–Kier alpha value is -2.56. The van der Waals surface area contributed by atoms with Gasteiger partial charge in [-0.25, -0.2) is 0 Å². The van der Waals surface area contributed by atoms with E-state index in [0.29, 0.717) is 30.8 Å². The van der Waals surface area contributed by atoms with Crippen LogP contribution in [0.5, 0.6) is 0 Å². The molecule has 0 spiro atoms. The number of furan rings is 1. The zero-order chi connectivity index (χ0) is 17.3. The number of hydrogen-bond donors (Lipinski definition) is 0. The van der Waals surface area contributed by atoms with Gasteiger partial charge in [0, 0.05) is 26.4 Å². The van der Waals surface area contributed by atoms with E-state index < -0.39 is 0 Å². The molecule has 0 saturated carbocycles. The number of para-hydroxylation sites is 2. The summed E-state index contributed by atoms with van der Waals surface area (Å²) in [5.41, 5.74) is 2.14. The first-order valence-electron chi connectivity index (χ1n) is 8.28. The minimum Gasteiger partial charge on any atom is -0.469 e. The Balaban J connectivity index is 2.08. The standard InChI is InChI=1S/C19H22N2O3/c1-4-18-15(9-10-24-18)19(23)21-12-13(2)11-20(14(3)22)16-7-5-6-8-17(16)21/h5-10,13H,4,11-12H2,1-3H3. The van der Waals surface area contributed by atoms with E-state index in [4.69, 9.17) is 4.42 Å². The molecule has 2 aromatic rings. The summed E-state index contributed by atoms with van der Waals surface area (Å²) in [7, 11) is 0. The molecule has 1 unspecified atom stereocenters. The van der Waals surface area contributed by atoms with E-state index in [1.165, 1.54) is 0 Å². The number of aryl methyl sites for hydroxylation is 1. The van der Waals surface area contributed by atoms with Crippen molar-refractivity contribution in [2.24, 2.45) is 5.92 Å². The van der Waals surface area contributed by atoms with Crippen molar-refractivity contribution in [3.05, 3.63) is 47.9 Å². The maximum atomic E-state index is 13.1. The van der Waals surface area contributed by atoms with Gasteiger partial charge in [0.2, 0.25) is 5.91 Å². The highest BCUT2D eigenvalue weighted by molar-refractivity contribution is 6.10. The zero-order valence-electron chi connectivity index (χ0n) is 14.3. The summed E-state index contributed by atoms with van der Waals surface area (Å²) in [4.78, 5) is 28.7. The number of carbonyl (C=O) groups is 2. The quantitative estimate of drug-likeness (QED) is 0.849. The monoisotopic (exact) mass is 326 g/mol. The van der Waals surface area contributed by atoms with Crippen LogP contribution in [0.3, 0.4) is 0 Å². The molecule has 1 atom stereocenters. The molecule has 2 heterocycles. The van der Waals surface area contributed by atoms with E-state index in [-0.39, 0.29) is 17.7 Å². The van der Waals surface area contributed by atoms with Crippen molar-refractivity contribution < 1.29 is 14.0 Å². The molecule has 126 valence electrons. The SMILES string of the molecule is CCc1occc1C(=O)N1CC(C)CN(C(C)=O)c2ccccc21. The van der Waals surface area contributed by atoms with Crippen LogP contribution in [-0.4, -0.2) is 24.9 Å². The Morgan fingerprint density at radius 3 is 2.38 bits per heavy atom. The molecule has 0 radical (unpaired) electrons. The molecular weight excluding hydrogens is 304 g/mol. The summed E-state index contributed by atoms with van der Waals surface area (Å²) in [6.07, 6.45) is 2.22. The molecule has 0 aliphatic carbocycles. The summed E-state index contributed by atoms with van der Waals surface area (Å²) in [5, 5.41) is 0. The van der Waals surface area contributed by atoms with E-state index in [0.717, 1.165) is 11.4 Å². The average Bonchev–Trinajstić information content (AvgIpc) is 2.99. The fourth-order valence-electron chi connectivity index (χ4n) is 3.24. The van der Waals surface area contributed by atoms with Gasteiger partial charge in [-0.1, -0.05) is 26.0 Å². The molecule has 24 heavy (non-hydrogen) atoms. The average molecular weight is 326 g/mol. The van der Waals surface area contributed by atoms with Crippen LogP contribution in [0.1, 0.15) is 36.9 Å². The summed E-state index contributed by atoms with van der Waals surface area (Å²) in [6, 6.07) is 9.30. The van der Waals surface area contributed by atoms with E-state index in [9.17, 15) is 9.59 Å². The Morgan fingerprint density at radius 2 is 1.75 bits per heavy atom. The van der Waals surface area contributed by atoms with E-state index in [1.54, 1.807) is 29.1 Å². The second kappa shape index (κ2) is 6.51. The van der Waals surface area contributed by atoms with Gasteiger partial charge < -0.3 is 14.2 Å². The number of nitrogens with zero attached hydrogens (tertiary/aromatic N) is 2. The van der Waals surface area contributed by atoms with Crippen molar-refractivity contribution in [3.8, 4) is 0 Å². The Bertz CT molecular complexity index is 765. The van der Waals surface area contributed by atoms with Gasteiger partial charge in [-0.05, 0) is 24.1 Å². The number of anilines is 2. The third-order valence-electron chi connectivity index (χ3n) is 4.37. The van der Waals surface area contributed by atoms with E-state index in [2.05, 4.69) is 6.92 Å². The first-order valence-corrected chi connectivity index (χ1v) is 8.28. The molecule has 1 aliphatic rings. The highest BCUT2D eigenvalue weighted by Gasteiger charge is 2.31. The third kappa shape index (κ3) is 2.82. The number of carbonyl (C=O) groups excluding carboxylic acids is 2. The number of rotatable bonds is 2. The normalized spacial score (nSPS) is 17.4. The van der Waals surface area contributed by atoms with Crippen molar-refractivity contribution in [1.29, 1.82) is 0 Å². The second-order valence-electron chi connectivity index (χ2n) is 6.25. The van der Waals surface area contributed by atoms with Crippen molar-refractivity contribution >= 4 is 23.2 Å². The van der Waals surface area contributed by atoms with Crippen LogP contribution in [-0.2, 0) is 11.2 Å². The van der Waals surface area contributed by atoms with E-state index >= 15 is 0 Å². The molecule has 0 N–H and O–H groups in total. The topological polar surface area (TPSA) is 53.8 Å². The molecule has 1 aliphatic heterocycles. The smallest absolute Gasteiger partial charge is 0.261 e. The van der Waals surface area contributed by atoms with Crippen molar-refractivity contribution in [3.63, 3.8) is 0 Å². The Kier molecular flexibility index (Phi) is 4.42. The maximum Gasteiger partial charge on any atom is 0.261 e. The number of hydrogen-bond acceptors (Lipinski definition) is 3. The largest absolute Gasteiger partial charge is 0.469 e. The van der Waals surface area contributed by atoms with Gasteiger partial charge in [0.05, 0.1) is 23.2 Å². The molecule has 5 heteroatoms. The molecule has 0 saturated heterocycles. The van der Waals surface area contributed by atoms with Crippen molar-refractivity contribution in [1.82, 2.24) is 0 Å². The highest BCUT2D eigenvalue weighted by Crippen LogP contribution is 2.34. The first kappa shape index (κ1) is 16.3. The third-order valence-corrected chi connectivity index (χ3v) is 4.37. The number of amides is 2. The van der Waals surface area contributed by atoms with Crippen LogP contribution in [0.4, 0.5) is 11.4 Å². The molecule has 3 rings (SSSR count). The predicted octanol–water partition coefficient (Wildman–Crippen LogP) is 3.49. The fourth-order valence-corrected chi connectivity index (χ4v) is 3.24. The molecular formula is C19H22N2O3. The highest BCUT2D eigenvalue weighted by atomic mass is 16.3. The number of fused-ring (bicyclic) bond motifs is 1. The van der Waals surface area contributed by atoms with Gasteiger partial charge in [-0.2, -0.15) is 0 Å². The zero-order valence-corrected chi connectivity index (χ0v) is 14.3. The van der Waals surface area contributed by atoms with Crippen molar-refractivity contribution in [2.75, 3.05) is 22.9 Å². The van der Waals surface area contributed by atoms with Crippen LogP contribution in [0.2, 0.25) is 0 Å². The Labute approximate surface area is 141 Å². The van der Waals surface area contributed by atoms with Gasteiger partial charge in [0.25, 0.3) is 5.91 Å². The van der Waals surface area contributed by atoms with Gasteiger partial charge in [-0.3, -0.25) is 9.59 Å². The predicted molar refractivity (Wildman–Crippen MR) is 93.4 cm³/mol. The molecule has 1 aromatic carbocycles. The van der Waals surface area contributed by atoms with Crippen LogP contribution in [0, 0.1) is 5.92 Å².